The van der Waals surface area contributed by atoms with E-state index >= 15 is 0 Å². The van der Waals surface area contributed by atoms with Gasteiger partial charge in [-0.25, -0.2) is 15.0 Å². The third-order valence-electron chi connectivity index (χ3n) is 7.24. The van der Waals surface area contributed by atoms with Gasteiger partial charge in [-0.05, 0) is 49.1 Å². The van der Waals surface area contributed by atoms with Crippen molar-refractivity contribution in [1.29, 1.82) is 0 Å². The molecule has 0 saturated carbocycles. The minimum Gasteiger partial charge on any atom is -0.378 e. The minimum absolute atomic E-state index is 0.110. The monoisotopic (exact) mass is 537 g/mol. The van der Waals surface area contributed by atoms with E-state index in [1.165, 1.54) is 0 Å². The van der Waals surface area contributed by atoms with Crippen LogP contribution in [0, 0.1) is 6.92 Å². The second-order valence-electron chi connectivity index (χ2n) is 9.87. The van der Waals surface area contributed by atoms with Crippen LogP contribution in [0.5, 0.6) is 0 Å². The summed E-state index contributed by atoms with van der Waals surface area (Å²) in [6, 6.07) is 9.71. The molecular weight excluding hydrogens is 506 g/mol. The summed E-state index contributed by atoms with van der Waals surface area (Å²) in [5.41, 5.74) is 12.1. The number of nitrogens with two attached hydrogens (primary N) is 1. The summed E-state index contributed by atoms with van der Waals surface area (Å²) in [6.45, 7) is 5.98. The number of hydrogen-bond donors (Lipinski definition) is 2. The van der Waals surface area contributed by atoms with Crippen molar-refractivity contribution >= 4 is 29.3 Å². The highest BCUT2D eigenvalue weighted by Gasteiger charge is 2.30. The summed E-state index contributed by atoms with van der Waals surface area (Å²) >= 11 is 0. The molecule has 1 amide bonds. The Morgan fingerprint density at radius 2 is 1.90 bits per heavy atom. The predicted octanol–water partition coefficient (Wildman–Crippen LogP) is 2.72. The van der Waals surface area contributed by atoms with Gasteiger partial charge in [-0.2, -0.15) is 4.98 Å². The zero-order chi connectivity index (χ0) is 27.5. The Hall–Kier alpha value is -4.64. The van der Waals surface area contributed by atoms with Crippen molar-refractivity contribution in [3.63, 3.8) is 0 Å². The molecule has 2 aliphatic heterocycles. The third kappa shape index (κ3) is 5.28. The second kappa shape index (κ2) is 11.2. The molecule has 0 unspecified atom stereocenters. The number of ether oxygens (including phenoxy) is 1. The molecule has 3 aromatic heterocycles. The number of hydrogen-bond acceptors (Lipinski definition) is 10. The summed E-state index contributed by atoms with van der Waals surface area (Å²) in [5.74, 6) is 1.58. The Morgan fingerprint density at radius 1 is 1.07 bits per heavy atom. The van der Waals surface area contributed by atoms with Gasteiger partial charge in [-0.1, -0.05) is 12.1 Å². The fourth-order valence-electron chi connectivity index (χ4n) is 5.09. The van der Waals surface area contributed by atoms with Crippen molar-refractivity contribution < 1.29 is 9.53 Å². The number of amides is 1. The normalized spacial score (nSPS) is 14.7. The van der Waals surface area contributed by atoms with E-state index in [0.717, 1.165) is 52.3 Å². The largest absolute Gasteiger partial charge is 0.378 e. The molecule has 1 aromatic carbocycles. The molecule has 6 rings (SSSR count). The van der Waals surface area contributed by atoms with Crippen molar-refractivity contribution in [1.82, 2.24) is 30.2 Å². The molecule has 5 heterocycles. The van der Waals surface area contributed by atoms with Crippen molar-refractivity contribution in [3.05, 3.63) is 77.4 Å². The van der Waals surface area contributed by atoms with Crippen LogP contribution in [-0.2, 0) is 17.6 Å². The highest BCUT2D eigenvalue weighted by atomic mass is 16.5. The fraction of sp³-hybridized carbons (Fsp3) is 0.310. The summed E-state index contributed by atoms with van der Waals surface area (Å²) < 4.78 is 5.55. The van der Waals surface area contributed by atoms with Crippen molar-refractivity contribution in [2.24, 2.45) is 0 Å². The Labute approximate surface area is 232 Å². The number of nitrogens with zero attached hydrogens (tertiary/aromatic N) is 7. The molecule has 0 radical (unpaired) electrons. The highest BCUT2D eigenvalue weighted by molar-refractivity contribution is 5.96. The Bertz CT molecular complexity index is 1510. The predicted molar refractivity (Wildman–Crippen MR) is 153 cm³/mol. The molecule has 1 fully saturated rings. The fourth-order valence-corrected chi connectivity index (χ4v) is 5.09. The maximum Gasteiger partial charge on any atom is 0.251 e. The average molecular weight is 538 g/mol. The van der Waals surface area contributed by atoms with Crippen LogP contribution in [0.1, 0.15) is 27.0 Å². The van der Waals surface area contributed by atoms with Crippen LogP contribution in [0.2, 0.25) is 0 Å². The first-order chi connectivity index (χ1) is 19.6. The Kier molecular flexibility index (Phi) is 7.19. The molecular formula is C29H31N9O2. The van der Waals surface area contributed by atoms with Gasteiger partial charge < -0.3 is 25.6 Å². The lowest BCUT2D eigenvalue weighted by Crippen LogP contribution is -2.37. The lowest BCUT2D eigenvalue weighted by Gasteiger charge is -2.28. The standard InChI is InChI=1S/C29H31N9O2/c1-19-4-5-21(27(39)32-9-6-20-3-2-8-31-16-20)15-24(19)38-10-7-23-25(22-17-33-28(30)34-18-22)35-29(36-26(23)38)37-11-13-40-14-12-37/h2-5,8,15-18H,6-7,9-14H2,1H3,(H,32,39)(H2,30,33,34). The van der Waals surface area contributed by atoms with Crippen LogP contribution in [-0.4, -0.2) is 70.2 Å². The molecule has 0 aliphatic carbocycles. The van der Waals surface area contributed by atoms with Crippen molar-refractivity contribution in [3.8, 4) is 11.3 Å². The zero-order valence-electron chi connectivity index (χ0n) is 22.4. The SMILES string of the molecule is Cc1ccc(C(=O)NCCc2cccnc2)cc1N1CCc2c(-c3cnc(N)nc3)nc(N3CCOCC3)nc21. The Balaban J connectivity index is 1.31. The van der Waals surface area contributed by atoms with E-state index in [1.54, 1.807) is 18.6 Å². The number of pyridine rings is 1. The number of nitrogens with one attached hydrogen (secondary N) is 1. The van der Waals surface area contributed by atoms with E-state index in [-0.39, 0.29) is 11.9 Å². The smallest absolute Gasteiger partial charge is 0.251 e. The molecule has 204 valence electrons. The average Bonchev–Trinajstić information content (AvgIpc) is 3.42. The van der Waals surface area contributed by atoms with Gasteiger partial charge in [0.2, 0.25) is 11.9 Å². The second-order valence-corrected chi connectivity index (χ2v) is 9.87. The molecule has 0 spiro atoms. The lowest BCUT2D eigenvalue weighted by atomic mass is 10.1. The number of rotatable bonds is 7. The molecule has 0 bridgehead atoms. The van der Waals surface area contributed by atoms with E-state index in [9.17, 15) is 4.79 Å². The maximum absolute atomic E-state index is 13.1. The number of aryl methyl sites for hydroxylation is 1. The van der Waals surface area contributed by atoms with Crippen molar-refractivity contribution in [2.75, 3.05) is 54.9 Å². The molecule has 11 heteroatoms. The minimum atomic E-state index is -0.110. The molecule has 0 atom stereocenters. The first-order valence-corrected chi connectivity index (χ1v) is 13.4. The third-order valence-corrected chi connectivity index (χ3v) is 7.24. The lowest BCUT2D eigenvalue weighted by molar-refractivity contribution is 0.0954. The van der Waals surface area contributed by atoms with E-state index in [2.05, 4.69) is 37.0 Å². The van der Waals surface area contributed by atoms with Gasteiger partial charge in [-0.15, -0.1) is 0 Å². The topological polar surface area (TPSA) is 135 Å². The van der Waals surface area contributed by atoms with Gasteiger partial charge in [0, 0.05) is 73.3 Å². The van der Waals surface area contributed by atoms with Crippen LogP contribution in [0.3, 0.4) is 0 Å². The molecule has 3 N–H and O–H groups in total. The van der Waals surface area contributed by atoms with Gasteiger partial charge in [-0.3, -0.25) is 9.78 Å². The van der Waals surface area contributed by atoms with Gasteiger partial charge in [0.1, 0.15) is 5.82 Å². The molecule has 40 heavy (non-hydrogen) atoms. The van der Waals surface area contributed by atoms with Crippen LogP contribution >= 0.6 is 0 Å². The number of carbonyl (C=O) groups is 1. The molecule has 4 aromatic rings. The number of carbonyl (C=O) groups excluding carboxylic acids is 1. The summed E-state index contributed by atoms with van der Waals surface area (Å²) in [5, 5.41) is 3.04. The maximum atomic E-state index is 13.1. The molecule has 1 saturated heterocycles. The van der Waals surface area contributed by atoms with Crippen LogP contribution in [0.4, 0.5) is 23.4 Å². The quantitative estimate of drug-likeness (QED) is 0.362. The summed E-state index contributed by atoms with van der Waals surface area (Å²) in [7, 11) is 0. The highest BCUT2D eigenvalue weighted by Crippen LogP contribution is 2.40. The number of anilines is 4. The first kappa shape index (κ1) is 25.6. The van der Waals surface area contributed by atoms with Crippen molar-refractivity contribution in [2.45, 2.75) is 19.8 Å². The van der Waals surface area contributed by atoms with E-state index in [0.29, 0.717) is 50.9 Å². The van der Waals surface area contributed by atoms with Gasteiger partial charge in [0.05, 0.1) is 18.9 Å². The van der Waals surface area contributed by atoms with Crippen LogP contribution in [0.25, 0.3) is 11.3 Å². The first-order valence-electron chi connectivity index (χ1n) is 13.4. The zero-order valence-corrected chi connectivity index (χ0v) is 22.4. The molecule has 11 nitrogen and oxygen atoms in total. The summed E-state index contributed by atoms with van der Waals surface area (Å²) in [4.78, 5) is 40.0. The van der Waals surface area contributed by atoms with Gasteiger partial charge in [0.15, 0.2) is 0 Å². The van der Waals surface area contributed by atoms with E-state index < -0.39 is 0 Å². The van der Waals surface area contributed by atoms with Gasteiger partial charge >= 0.3 is 0 Å². The van der Waals surface area contributed by atoms with Crippen LogP contribution in [0.15, 0.2) is 55.1 Å². The molecule has 2 aliphatic rings. The van der Waals surface area contributed by atoms with E-state index in [1.807, 2.05) is 36.5 Å². The number of aromatic nitrogens is 5. The summed E-state index contributed by atoms with van der Waals surface area (Å²) in [6.07, 6.45) is 8.44. The number of benzene rings is 1. The van der Waals surface area contributed by atoms with E-state index in [4.69, 9.17) is 20.4 Å². The van der Waals surface area contributed by atoms with Crippen LogP contribution < -0.4 is 20.9 Å². The Morgan fingerprint density at radius 3 is 2.67 bits per heavy atom. The number of fused-ring (bicyclic) bond motifs is 1. The number of nitrogen functional groups attached to an aromatic ring is 1. The van der Waals surface area contributed by atoms with Gasteiger partial charge in [0.25, 0.3) is 5.91 Å². The number of morpholine rings is 1.